The fraction of sp³-hybridized carbons (Fsp3) is 0.316. The van der Waals surface area contributed by atoms with Gasteiger partial charge in [-0.1, -0.05) is 6.92 Å². The van der Waals surface area contributed by atoms with Crippen LogP contribution in [0.4, 0.5) is 5.82 Å². The van der Waals surface area contributed by atoms with Crippen molar-refractivity contribution in [3.8, 4) is 0 Å². The molecule has 28 heavy (non-hydrogen) atoms. The first-order valence-electron chi connectivity index (χ1n) is 9.05. The average Bonchev–Trinajstić information content (AvgIpc) is 3.18. The summed E-state index contributed by atoms with van der Waals surface area (Å²) in [6.45, 7) is 3.14. The summed E-state index contributed by atoms with van der Waals surface area (Å²) in [6, 6.07) is 7.89. The van der Waals surface area contributed by atoms with E-state index >= 15 is 0 Å². The van der Waals surface area contributed by atoms with Crippen LogP contribution >= 0.6 is 11.3 Å². The Kier molecular flexibility index (Phi) is 5.13. The second-order valence-corrected chi connectivity index (χ2v) is 9.78. The summed E-state index contributed by atoms with van der Waals surface area (Å²) in [5, 5.41) is 5.43. The smallest absolute Gasteiger partial charge is 0.256 e. The maximum absolute atomic E-state index is 12.8. The summed E-state index contributed by atoms with van der Waals surface area (Å²) >= 11 is 1.47. The molecule has 0 saturated carbocycles. The zero-order valence-electron chi connectivity index (χ0n) is 15.3. The van der Waals surface area contributed by atoms with E-state index in [1.165, 1.54) is 46.2 Å². The Bertz CT molecular complexity index is 1110. The van der Waals surface area contributed by atoms with Gasteiger partial charge in [-0.15, -0.1) is 11.3 Å². The molecule has 1 N–H and O–H groups in total. The Labute approximate surface area is 167 Å². The largest absolute Gasteiger partial charge is 0.306 e. The van der Waals surface area contributed by atoms with Crippen molar-refractivity contribution in [1.82, 2.24) is 14.3 Å². The van der Waals surface area contributed by atoms with Gasteiger partial charge in [0.05, 0.1) is 10.3 Å². The molecule has 1 aromatic carbocycles. The van der Waals surface area contributed by atoms with Gasteiger partial charge in [-0.2, -0.15) is 4.31 Å². The molecule has 0 spiro atoms. The lowest BCUT2D eigenvalue weighted by Crippen LogP contribution is -2.39. The van der Waals surface area contributed by atoms with Crippen molar-refractivity contribution in [3.05, 3.63) is 47.6 Å². The monoisotopic (exact) mass is 416 g/mol. The van der Waals surface area contributed by atoms with Crippen molar-refractivity contribution >= 4 is 43.3 Å². The van der Waals surface area contributed by atoms with Crippen LogP contribution in [0, 0.1) is 5.92 Å². The molecule has 3 heterocycles. The third-order valence-corrected chi connectivity index (χ3v) is 7.57. The van der Waals surface area contributed by atoms with Crippen molar-refractivity contribution in [3.63, 3.8) is 0 Å². The van der Waals surface area contributed by atoms with Crippen molar-refractivity contribution in [2.45, 2.75) is 24.7 Å². The standard InChI is InChI=1S/C19H20N4O3S2/c1-13-3-2-9-23(11-13)28(25,26)15-6-4-14(5-7-15)18(24)22-17-16-8-10-27-19(16)21-12-20-17/h4-8,10,12-13H,2-3,9,11H2,1H3,(H,20,21,22,24)/t13-/m1/s1. The van der Waals surface area contributed by atoms with Gasteiger partial charge in [0.2, 0.25) is 10.0 Å². The highest BCUT2D eigenvalue weighted by molar-refractivity contribution is 7.89. The van der Waals surface area contributed by atoms with Gasteiger partial charge in [0.1, 0.15) is 17.0 Å². The van der Waals surface area contributed by atoms with Crippen LogP contribution in [0.25, 0.3) is 10.2 Å². The lowest BCUT2D eigenvalue weighted by molar-refractivity contribution is 0.102. The molecule has 0 aliphatic carbocycles. The Morgan fingerprint density at radius 1 is 1.21 bits per heavy atom. The Hall–Kier alpha value is -2.36. The molecule has 1 fully saturated rings. The number of fused-ring (bicyclic) bond motifs is 1. The zero-order chi connectivity index (χ0) is 19.7. The lowest BCUT2D eigenvalue weighted by atomic mass is 10.0. The molecular weight excluding hydrogens is 396 g/mol. The normalized spacial score (nSPS) is 18.2. The number of aromatic nitrogens is 2. The minimum absolute atomic E-state index is 0.209. The first-order chi connectivity index (χ1) is 13.4. The minimum Gasteiger partial charge on any atom is -0.306 e. The van der Waals surface area contributed by atoms with Crippen molar-refractivity contribution in [1.29, 1.82) is 0 Å². The number of hydrogen-bond acceptors (Lipinski definition) is 6. The zero-order valence-corrected chi connectivity index (χ0v) is 17.0. The Morgan fingerprint density at radius 2 is 2.00 bits per heavy atom. The van der Waals surface area contributed by atoms with Crippen molar-refractivity contribution < 1.29 is 13.2 Å². The second kappa shape index (κ2) is 7.57. The quantitative estimate of drug-likeness (QED) is 0.704. The summed E-state index contributed by atoms with van der Waals surface area (Å²) < 4.78 is 27.2. The Morgan fingerprint density at radius 3 is 2.75 bits per heavy atom. The van der Waals surface area contributed by atoms with Crippen LogP contribution in [0.5, 0.6) is 0 Å². The third kappa shape index (κ3) is 3.65. The van der Waals surface area contributed by atoms with Gasteiger partial charge in [-0.05, 0) is 54.5 Å². The number of nitrogens with zero attached hydrogens (tertiary/aromatic N) is 3. The van der Waals surface area contributed by atoms with Gasteiger partial charge in [-0.25, -0.2) is 18.4 Å². The molecule has 146 valence electrons. The van der Waals surface area contributed by atoms with Crippen molar-refractivity contribution in [2.75, 3.05) is 18.4 Å². The average molecular weight is 417 g/mol. The molecule has 1 atom stereocenters. The lowest BCUT2D eigenvalue weighted by Gasteiger charge is -2.30. The van der Waals surface area contributed by atoms with E-state index in [-0.39, 0.29) is 10.8 Å². The molecular formula is C19H20N4O3S2. The van der Waals surface area contributed by atoms with Gasteiger partial charge in [-0.3, -0.25) is 4.79 Å². The summed E-state index contributed by atoms with van der Waals surface area (Å²) in [5.74, 6) is 0.451. The van der Waals surface area contributed by atoms with E-state index in [0.717, 1.165) is 23.1 Å². The fourth-order valence-corrected chi connectivity index (χ4v) is 5.69. The highest BCUT2D eigenvalue weighted by Crippen LogP contribution is 2.25. The number of nitrogens with one attached hydrogen (secondary N) is 1. The summed E-state index contributed by atoms with van der Waals surface area (Å²) in [5.41, 5.74) is 0.368. The summed E-state index contributed by atoms with van der Waals surface area (Å²) in [4.78, 5) is 21.8. The van der Waals surface area contributed by atoms with E-state index < -0.39 is 10.0 Å². The van der Waals surface area contributed by atoms with Gasteiger partial charge >= 0.3 is 0 Å². The molecule has 4 rings (SSSR count). The van der Waals surface area contributed by atoms with Crippen LogP contribution in [0.2, 0.25) is 0 Å². The molecule has 0 radical (unpaired) electrons. The van der Waals surface area contributed by atoms with Gasteiger partial charge in [0.25, 0.3) is 5.91 Å². The fourth-order valence-electron chi connectivity index (χ4n) is 3.36. The molecule has 2 aromatic heterocycles. The molecule has 1 aliphatic heterocycles. The molecule has 0 bridgehead atoms. The molecule has 1 saturated heterocycles. The van der Waals surface area contributed by atoms with Crippen LogP contribution < -0.4 is 5.32 Å². The number of carbonyl (C=O) groups excluding carboxylic acids is 1. The highest BCUT2D eigenvalue weighted by atomic mass is 32.2. The van der Waals surface area contributed by atoms with E-state index in [0.29, 0.717) is 30.4 Å². The Balaban J connectivity index is 1.52. The first kappa shape index (κ1) is 19.0. The van der Waals surface area contributed by atoms with Crippen molar-refractivity contribution in [2.24, 2.45) is 5.92 Å². The third-order valence-electron chi connectivity index (χ3n) is 4.87. The molecule has 0 unspecified atom stereocenters. The molecule has 1 amide bonds. The van der Waals surface area contributed by atoms with Crippen LogP contribution in [0.15, 0.2) is 46.9 Å². The number of hydrogen-bond donors (Lipinski definition) is 1. The van der Waals surface area contributed by atoms with Crippen LogP contribution in [0.1, 0.15) is 30.1 Å². The predicted octanol–water partition coefficient (Wildman–Crippen LogP) is 3.36. The van der Waals surface area contributed by atoms with E-state index in [9.17, 15) is 13.2 Å². The number of rotatable bonds is 4. The van der Waals surface area contributed by atoms with Crippen LogP contribution in [-0.2, 0) is 10.0 Å². The highest BCUT2D eigenvalue weighted by Gasteiger charge is 2.28. The molecule has 9 heteroatoms. The number of amides is 1. The number of sulfonamides is 1. The van der Waals surface area contributed by atoms with E-state index in [2.05, 4.69) is 22.2 Å². The minimum atomic E-state index is -3.54. The number of anilines is 1. The van der Waals surface area contributed by atoms with Gasteiger partial charge in [0.15, 0.2) is 0 Å². The number of piperidine rings is 1. The van der Waals surface area contributed by atoms with E-state index in [1.807, 2.05) is 11.4 Å². The summed E-state index contributed by atoms with van der Waals surface area (Å²) in [7, 11) is -3.54. The number of carbonyl (C=O) groups is 1. The number of thiophene rings is 1. The molecule has 7 nitrogen and oxygen atoms in total. The predicted molar refractivity (Wildman–Crippen MR) is 109 cm³/mol. The van der Waals surface area contributed by atoms with Crippen LogP contribution in [-0.4, -0.2) is 41.7 Å². The van der Waals surface area contributed by atoms with Gasteiger partial charge < -0.3 is 5.32 Å². The van der Waals surface area contributed by atoms with E-state index in [4.69, 9.17) is 0 Å². The molecule has 1 aliphatic rings. The maximum atomic E-state index is 12.8. The van der Waals surface area contributed by atoms with Gasteiger partial charge in [0, 0.05) is 18.7 Å². The topological polar surface area (TPSA) is 92.3 Å². The summed E-state index contributed by atoms with van der Waals surface area (Å²) in [6.07, 6.45) is 3.33. The first-order valence-corrected chi connectivity index (χ1v) is 11.4. The second-order valence-electron chi connectivity index (χ2n) is 6.95. The maximum Gasteiger partial charge on any atom is 0.256 e. The molecule has 3 aromatic rings. The van der Waals surface area contributed by atoms with Crippen LogP contribution in [0.3, 0.4) is 0 Å². The SMILES string of the molecule is C[C@@H]1CCCN(S(=O)(=O)c2ccc(C(=O)Nc3ncnc4sccc34)cc2)C1. The number of benzene rings is 1. The van der Waals surface area contributed by atoms with E-state index in [1.54, 1.807) is 0 Å².